The van der Waals surface area contributed by atoms with Crippen LogP contribution in [-0.2, 0) is 11.4 Å². The predicted molar refractivity (Wildman–Crippen MR) is 66.2 cm³/mol. The SMILES string of the molecule is CC(C)(C)[S@@+]([O-])NC(c1ccccc1F)C(F)(F)F. The molecule has 7 heteroatoms. The number of nitrogens with one attached hydrogen (secondary N) is 1. The van der Waals surface area contributed by atoms with Gasteiger partial charge < -0.3 is 4.55 Å². The summed E-state index contributed by atoms with van der Waals surface area (Å²) in [5.74, 6) is -0.983. The number of alkyl halides is 3. The van der Waals surface area contributed by atoms with Crippen LogP contribution in [0.3, 0.4) is 0 Å². The van der Waals surface area contributed by atoms with Gasteiger partial charge in [-0.1, -0.05) is 18.2 Å². The lowest BCUT2D eigenvalue weighted by atomic mass is 10.1. The van der Waals surface area contributed by atoms with Crippen LogP contribution in [0, 0.1) is 5.82 Å². The molecule has 0 aliphatic heterocycles. The molecule has 0 fully saturated rings. The minimum Gasteiger partial charge on any atom is -0.598 e. The maximum Gasteiger partial charge on any atom is 0.412 e. The lowest BCUT2D eigenvalue weighted by molar-refractivity contribution is -0.153. The monoisotopic (exact) mass is 297 g/mol. The van der Waals surface area contributed by atoms with E-state index >= 15 is 0 Å². The highest BCUT2D eigenvalue weighted by atomic mass is 32.2. The molecule has 108 valence electrons. The summed E-state index contributed by atoms with van der Waals surface area (Å²) < 4.78 is 65.3. The molecule has 0 saturated carbocycles. The average molecular weight is 297 g/mol. The molecule has 0 bridgehead atoms. The Balaban J connectivity index is 3.08. The van der Waals surface area contributed by atoms with Crippen molar-refractivity contribution in [2.24, 2.45) is 0 Å². The van der Waals surface area contributed by atoms with Crippen molar-refractivity contribution in [3.05, 3.63) is 35.6 Å². The van der Waals surface area contributed by atoms with Crippen molar-refractivity contribution in [1.82, 2.24) is 4.72 Å². The van der Waals surface area contributed by atoms with Gasteiger partial charge in [0, 0.05) is 16.9 Å². The molecule has 0 spiro atoms. The molecule has 1 aromatic carbocycles. The van der Waals surface area contributed by atoms with E-state index in [9.17, 15) is 22.1 Å². The second kappa shape index (κ2) is 5.68. The van der Waals surface area contributed by atoms with Gasteiger partial charge in [0.2, 0.25) is 0 Å². The average Bonchev–Trinajstić information content (AvgIpc) is 2.24. The Bertz CT molecular complexity index is 430. The van der Waals surface area contributed by atoms with Gasteiger partial charge in [0.25, 0.3) is 0 Å². The zero-order valence-electron chi connectivity index (χ0n) is 10.7. The van der Waals surface area contributed by atoms with Gasteiger partial charge in [0.15, 0.2) is 6.04 Å². The van der Waals surface area contributed by atoms with Crippen molar-refractivity contribution in [3.8, 4) is 0 Å². The molecule has 0 amide bonds. The smallest absolute Gasteiger partial charge is 0.412 e. The summed E-state index contributed by atoms with van der Waals surface area (Å²) in [4.78, 5) is 0. The number of rotatable bonds is 3. The van der Waals surface area contributed by atoms with Crippen molar-refractivity contribution in [2.75, 3.05) is 0 Å². The normalized spacial score (nSPS) is 16.2. The summed E-state index contributed by atoms with van der Waals surface area (Å²) in [6.45, 7) is 4.60. The molecule has 0 aliphatic carbocycles. The summed E-state index contributed by atoms with van der Waals surface area (Å²) in [5.41, 5.74) is -0.562. The molecule has 0 aliphatic rings. The van der Waals surface area contributed by atoms with Crippen molar-refractivity contribution in [2.45, 2.75) is 37.7 Å². The van der Waals surface area contributed by atoms with Crippen LogP contribution in [0.5, 0.6) is 0 Å². The fourth-order valence-corrected chi connectivity index (χ4v) is 2.13. The summed E-state index contributed by atoms with van der Waals surface area (Å²) >= 11 is -1.96. The first-order valence-electron chi connectivity index (χ1n) is 5.52. The van der Waals surface area contributed by atoms with Crippen molar-refractivity contribution >= 4 is 11.4 Å². The van der Waals surface area contributed by atoms with Gasteiger partial charge >= 0.3 is 6.18 Å². The lowest BCUT2D eigenvalue weighted by Gasteiger charge is -2.29. The summed E-state index contributed by atoms with van der Waals surface area (Å²) in [5, 5.41) is 0. The minimum absolute atomic E-state index is 0.562. The molecule has 1 rings (SSSR count). The van der Waals surface area contributed by atoms with Gasteiger partial charge in [-0.05, 0) is 26.8 Å². The van der Waals surface area contributed by atoms with E-state index in [-0.39, 0.29) is 0 Å². The van der Waals surface area contributed by atoms with Crippen molar-refractivity contribution in [1.29, 1.82) is 0 Å². The fraction of sp³-hybridized carbons (Fsp3) is 0.500. The zero-order chi connectivity index (χ0) is 14.8. The van der Waals surface area contributed by atoms with Gasteiger partial charge in [-0.25, -0.2) is 4.39 Å². The van der Waals surface area contributed by atoms with Crippen LogP contribution in [-0.4, -0.2) is 15.5 Å². The van der Waals surface area contributed by atoms with Crippen LogP contribution in [0.15, 0.2) is 24.3 Å². The summed E-state index contributed by atoms with van der Waals surface area (Å²) in [6, 6.07) is 2.27. The third kappa shape index (κ3) is 4.36. The Morgan fingerprint density at radius 1 is 1.16 bits per heavy atom. The van der Waals surface area contributed by atoms with E-state index in [2.05, 4.69) is 0 Å². The third-order valence-corrected chi connectivity index (χ3v) is 3.89. The first-order valence-corrected chi connectivity index (χ1v) is 6.67. The zero-order valence-corrected chi connectivity index (χ0v) is 11.5. The Morgan fingerprint density at radius 2 is 1.68 bits per heavy atom. The molecule has 0 aromatic heterocycles. The number of hydrogen-bond acceptors (Lipinski definition) is 2. The summed E-state index contributed by atoms with van der Waals surface area (Å²) in [6.07, 6.45) is -4.73. The second-order valence-electron chi connectivity index (χ2n) is 5.00. The Labute approximate surface area is 112 Å². The van der Waals surface area contributed by atoms with Gasteiger partial charge in [0.05, 0.1) is 0 Å². The second-order valence-corrected chi connectivity index (χ2v) is 6.99. The Kier molecular flexibility index (Phi) is 4.86. The molecule has 0 saturated heterocycles. The van der Waals surface area contributed by atoms with E-state index in [4.69, 9.17) is 0 Å². The Hall–Kier alpha value is -0.790. The van der Waals surface area contributed by atoms with E-state index in [1.165, 1.54) is 32.9 Å². The van der Waals surface area contributed by atoms with Crippen molar-refractivity contribution < 1.29 is 22.1 Å². The van der Waals surface area contributed by atoms with Crippen LogP contribution < -0.4 is 4.72 Å². The number of benzene rings is 1. The van der Waals surface area contributed by atoms with E-state index in [0.29, 0.717) is 0 Å². The molecular formula is C12H15F4NOS. The maximum atomic E-state index is 13.5. The first-order chi connectivity index (χ1) is 8.53. The van der Waals surface area contributed by atoms with Crippen LogP contribution in [0.4, 0.5) is 17.6 Å². The Morgan fingerprint density at radius 3 is 2.11 bits per heavy atom. The maximum absolute atomic E-state index is 13.5. The van der Waals surface area contributed by atoms with Gasteiger partial charge in [0.1, 0.15) is 10.6 Å². The number of hydrogen-bond donors (Lipinski definition) is 1. The third-order valence-electron chi connectivity index (χ3n) is 2.32. The van der Waals surface area contributed by atoms with Gasteiger partial charge in [-0.15, -0.1) is 4.72 Å². The van der Waals surface area contributed by atoms with E-state index < -0.39 is 39.7 Å². The summed E-state index contributed by atoms with van der Waals surface area (Å²) in [7, 11) is 0. The molecule has 2 nitrogen and oxygen atoms in total. The first kappa shape index (κ1) is 16.3. The van der Waals surface area contributed by atoms with Crippen LogP contribution in [0.1, 0.15) is 32.4 Å². The largest absolute Gasteiger partial charge is 0.598 e. The lowest BCUT2D eigenvalue weighted by Crippen LogP contribution is -2.45. The topological polar surface area (TPSA) is 35.1 Å². The van der Waals surface area contributed by atoms with Crippen LogP contribution in [0.2, 0.25) is 0 Å². The van der Waals surface area contributed by atoms with Crippen LogP contribution >= 0.6 is 0 Å². The van der Waals surface area contributed by atoms with Gasteiger partial charge in [-0.2, -0.15) is 13.2 Å². The van der Waals surface area contributed by atoms with Crippen LogP contribution in [0.25, 0.3) is 0 Å². The molecule has 0 heterocycles. The van der Waals surface area contributed by atoms with E-state index in [1.54, 1.807) is 0 Å². The molecule has 0 radical (unpaired) electrons. The highest BCUT2D eigenvalue weighted by Gasteiger charge is 2.46. The van der Waals surface area contributed by atoms with E-state index in [1.807, 2.05) is 4.72 Å². The molecular weight excluding hydrogens is 282 g/mol. The minimum atomic E-state index is -4.73. The fourth-order valence-electron chi connectivity index (χ4n) is 1.30. The molecule has 2 atom stereocenters. The standard InChI is InChI=1S/C12H15F4NOS/c1-11(2,3)19(18)17-10(12(14,15)16)8-6-4-5-7-9(8)13/h4-7,10,17H,1-3H3/t10?,19-/m1/s1. The predicted octanol–water partition coefficient (Wildman–Crippen LogP) is 3.48. The van der Waals surface area contributed by atoms with Crippen molar-refractivity contribution in [3.63, 3.8) is 0 Å². The molecule has 1 N–H and O–H groups in total. The number of halogens is 4. The highest BCUT2D eigenvalue weighted by Crippen LogP contribution is 2.35. The highest BCUT2D eigenvalue weighted by molar-refractivity contribution is 7.90. The molecule has 19 heavy (non-hydrogen) atoms. The van der Waals surface area contributed by atoms with E-state index in [0.717, 1.165) is 12.1 Å². The molecule has 1 aromatic rings. The molecule has 1 unspecified atom stereocenters. The van der Waals surface area contributed by atoms with Gasteiger partial charge in [-0.3, -0.25) is 0 Å². The quantitative estimate of drug-likeness (QED) is 0.685.